The molecule has 3 aliphatic rings. The van der Waals surface area contributed by atoms with Gasteiger partial charge in [0.15, 0.2) is 0 Å². The van der Waals surface area contributed by atoms with Gasteiger partial charge in [0.05, 0.1) is 11.0 Å². The molecule has 2 nitrogen and oxygen atoms in total. The Bertz CT molecular complexity index is 1110. The minimum atomic E-state index is -4.45. The lowest BCUT2D eigenvalue weighted by Crippen LogP contribution is -2.47. The number of benzene rings is 3. The van der Waals surface area contributed by atoms with Crippen molar-refractivity contribution in [2.75, 3.05) is 5.32 Å². The molecular weight excluding hydrogens is 387 g/mol. The lowest BCUT2D eigenvalue weighted by atomic mass is 9.52. The number of carbonyl (C=O) groups is 1. The number of alkyl halides is 3. The fourth-order valence-electron chi connectivity index (χ4n) is 5.24. The summed E-state index contributed by atoms with van der Waals surface area (Å²) in [6.07, 6.45) is -3.83. The number of halogens is 3. The van der Waals surface area contributed by atoms with E-state index in [4.69, 9.17) is 0 Å². The number of rotatable bonds is 2. The summed E-state index contributed by atoms with van der Waals surface area (Å²) in [6.45, 7) is 1.93. The van der Waals surface area contributed by atoms with Crippen LogP contribution in [0.15, 0.2) is 72.8 Å². The third-order valence-corrected chi connectivity index (χ3v) is 6.60. The van der Waals surface area contributed by atoms with E-state index in [9.17, 15) is 18.0 Å². The molecule has 1 amide bonds. The van der Waals surface area contributed by atoms with Gasteiger partial charge < -0.3 is 5.32 Å². The first kappa shape index (κ1) is 18.9. The van der Waals surface area contributed by atoms with Crippen LogP contribution in [-0.2, 0) is 11.0 Å². The summed E-state index contributed by atoms with van der Waals surface area (Å²) in [5, 5.41) is 2.77. The molecule has 1 N–H and O–H groups in total. The van der Waals surface area contributed by atoms with Crippen LogP contribution < -0.4 is 5.32 Å². The molecule has 30 heavy (non-hydrogen) atoms. The zero-order chi connectivity index (χ0) is 21.1. The first-order valence-electron chi connectivity index (χ1n) is 9.95. The van der Waals surface area contributed by atoms with Gasteiger partial charge in [-0.25, -0.2) is 0 Å². The maximum Gasteiger partial charge on any atom is 0.416 e. The van der Waals surface area contributed by atoms with E-state index >= 15 is 0 Å². The van der Waals surface area contributed by atoms with E-state index in [-0.39, 0.29) is 23.4 Å². The second kappa shape index (κ2) is 6.46. The van der Waals surface area contributed by atoms with Crippen LogP contribution >= 0.6 is 0 Å². The summed E-state index contributed by atoms with van der Waals surface area (Å²) in [7, 11) is 0. The zero-order valence-corrected chi connectivity index (χ0v) is 16.3. The molecular formula is C25H20F3NO. The summed E-state index contributed by atoms with van der Waals surface area (Å²) < 4.78 is 39.2. The Morgan fingerprint density at radius 1 is 0.900 bits per heavy atom. The molecule has 0 fully saturated rings. The van der Waals surface area contributed by atoms with Crippen molar-refractivity contribution in [3.63, 3.8) is 0 Å². The fourth-order valence-corrected chi connectivity index (χ4v) is 5.24. The highest BCUT2D eigenvalue weighted by atomic mass is 19.4. The molecule has 3 aromatic rings. The summed E-state index contributed by atoms with van der Waals surface area (Å²) in [6, 6.07) is 21.2. The third kappa shape index (κ3) is 2.76. The average molecular weight is 407 g/mol. The average Bonchev–Trinajstić information content (AvgIpc) is 2.73. The number of carbonyl (C=O) groups excluding carboxylic acids is 1. The van der Waals surface area contributed by atoms with Gasteiger partial charge in [-0.1, -0.05) is 54.6 Å². The molecule has 0 unspecified atom stereocenters. The second-order valence-corrected chi connectivity index (χ2v) is 8.40. The molecule has 0 saturated heterocycles. The minimum absolute atomic E-state index is 0.0969. The lowest BCUT2D eigenvalue weighted by Gasteiger charge is -2.50. The standard InChI is InChI=1S/C25H20F3NO/c1-24(23(30)29-16-8-6-7-15(13-16)25(26,27)28)14-21-17-9-2-4-11-19(17)22(24)20-12-5-3-10-18(20)21/h2-13,21-22H,14H2,1H3,(H,29,30)/t21?,22?,24-/m1/s1. The maximum absolute atomic E-state index is 13.5. The highest BCUT2D eigenvalue weighted by Gasteiger charge is 2.53. The zero-order valence-electron chi connectivity index (χ0n) is 16.3. The molecule has 1 atom stereocenters. The van der Waals surface area contributed by atoms with Crippen LogP contribution in [0.2, 0.25) is 0 Å². The van der Waals surface area contributed by atoms with Gasteiger partial charge in [-0.2, -0.15) is 13.2 Å². The maximum atomic E-state index is 13.5. The number of amides is 1. The van der Waals surface area contributed by atoms with E-state index < -0.39 is 17.2 Å². The van der Waals surface area contributed by atoms with E-state index in [2.05, 4.69) is 29.6 Å². The van der Waals surface area contributed by atoms with Gasteiger partial charge in [-0.05, 0) is 53.8 Å². The van der Waals surface area contributed by atoms with Gasteiger partial charge >= 0.3 is 6.18 Å². The number of nitrogens with one attached hydrogen (secondary N) is 1. The summed E-state index contributed by atoms with van der Waals surface area (Å²) in [5.74, 6) is -0.291. The van der Waals surface area contributed by atoms with Crippen molar-refractivity contribution in [1.29, 1.82) is 0 Å². The molecule has 6 rings (SSSR count). The smallest absolute Gasteiger partial charge is 0.326 e. The molecule has 0 saturated carbocycles. The van der Waals surface area contributed by atoms with Gasteiger partial charge in [-0.15, -0.1) is 0 Å². The molecule has 5 heteroatoms. The van der Waals surface area contributed by atoms with E-state index in [1.54, 1.807) is 0 Å². The van der Waals surface area contributed by atoms with Crippen LogP contribution in [0, 0.1) is 5.41 Å². The van der Waals surface area contributed by atoms with Crippen molar-refractivity contribution in [2.24, 2.45) is 5.41 Å². The monoisotopic (exact) mass is 407 g/mol. The highest BCUT2D eigenvalue weighted by molar-refractivity contribution is 5.97. The van der Waals surface area contributed by atoms with Crippen LogP contribution in [0.25, 0.3) is 0 Å². The van der Waals surface area contributed by atoms with Gasteiger partial charge in [0, 0.05) is 17.5 Å². The Kier molecular flexibility index (Phi) is 4.07. The predicted molar refractivity (Wildman–Crippen MR) is 109 cm³/mol. The Balaban J connectivity index is 1.55. The molecule has 0 heterocycles. The Morgan fingerprint density at radius 2 is 1.47 bits per heavy atom. The summed E-state index contributed by atoms with van der Waals surface area (Å²) >= 11 is 0. The van der Waals surface area contributed by atoms with Crippen molar-refractivity contribution in [3.05, 3.63) is 101 Å². The topological polar surface area (TPSA) is 29.1 Å². The van der Waals surface area contributed by atoms with Crippen LogP contribution in [-0.4, -0.2) is 5.91 Å². The Hall–Kier alpha value is -3.08. The predicted octanol–water partition coefficient (Wildman–Crippen LogP) is 6.33. The summed E-state index contributed by atoms with van der Waals surface area (Å²) in [5.41, 5.74) is 3.38. The Labute approximate surface area is 172 Å². The quantitative estimate of drug-likeness (QED) is 0.528. The van der Waals surface area contributed by atoms with Crippen molar-refractivity contribution in [2.45, 2.75) is 31.4 Å². The number of fused-ring (bicyclic) bond motifs is 1. The minimum Gasteiger partial charge on any atom is -0.326 e. The van der Waals surface area contributed by atoms with Crippen LogP contribution in [0.3, 0.4) is 0 Å². The van der Waals surface area contributed by atoms with E-state index in [0.717, 1.165) is 23.3 Å². The van der Waals surface area contributed by atoms with Gasteiger partial charge in [0.1, 0.15) is 0 Å². The normalized spacial score (nSPS) is 24.1. The molecule has 0 radical (unpaired) electrons. The third-order valence-electron chi connectivity index (χ3n) is 6.60. The molecule has 152 valence electrons. The highest BCUT2D eigenvalue weighted by Crippen LogP contribution is 2.61. The molecule has 2 bridgehead atoms. The lowest BCUT2D eigenvalue weighted by molar-refractivity contribution is -0.137. The van der Waals surface area contributed by atoms with Crippen molar-refractivity contribution in [1.82, 2.24) is 0 Å². The van der Waals surface area contributed by atoms with Crippen molar-refractivity contribution < 1.29 is 18.0 Å². The number of hydrogen-bond donors (Lipinski definition) is 1. The number of hydrogen-bond acceptors (Lipinski definition) is 1. The van der Waals surface area contributed by atoms with Crippen molar-refractivity contribution in [3.8, 4) is 0 Å². The largest absolute Gasteiger partial charge is 0.416 e. The Morgan fingerprint density at radius 3 is 2.03 bits per heavy atom. The van der Waals surface area contributed by atoms with E-state index in [0.29, 0.717) is 6.42 Å². The second-order valence-electron chi connectivity index (χ2n) is 8.40. The fraction of sp³-hybridized carbons (Fsp3) is 0.240. The SMILES string of the molecule is C[C@@]1(C(=O)Nc2cccc(C(F)(F)F)c2)CC2c3ccccc3C1c1ccccc12. The summed E-state index contributed by atoms with van der Waals surface area (Å²) in [4.78, 5) is 13.5. The van der Waals surface area contributed by atoms with E-state index in [1.165, 1.54) is 23.3 Å². The van der Waals surface area contributed by atoms with Crippen LogP contribution in [0.1, 0.15) is 53.0 Å². The van der Waals surface area contributed by atoms with Gasteiger partial charge in [0.2, 0.25) is 5.91 Å². The van der Waals surface area contributed by atoms with Gasteiger partial charge in [0.25, 0.3) is 0 Å². The molecule has 3 aliphatic carbocycles. The molecule has 3 aromatic carbocycles. The van der Waals surface area contributed by atoms with E-state index in [1.807, 2.05) is 31.2 Å². The first-order valence-corrected chi connectivity index (χ1v) is 9.95. The van der Waals surface area contributed by atoms with Crippen LogP contribution in [0.4, 0.5) is 18.9 Å². The van der Waals surface area contributed by atoms with Gasteiger partial charge in [-0.3, -0.25) is 4.79 Å². The first-order chi connectivity index (χ1) is 14.3. The van der Waals surface area contributed by atoms with Crippen LogP contribution in [0.5, 0.6) is 0 Å². The molecule has 0 aliphatic heterocycles. The molecule has 0 aromatic heterocycles. The number of anilines is 1. The van der Waals surface area contributed by atoms with Crippen molar-refractivity contribution >= 4 is 11.6 Å². The molecule has 0 spiro atoms.